The van der Waals surface area contributed by atoms with Gasteiger partial charge in [0, 0.05) is 18.5 Å². The molecule has 0 saturated heterocycles. The van der Waals surface area contributed by atoms with Gasteiger partial charge in [0.1, 0.15) is 5.82 Å². The van der Waals surface area contributed by atoms with Crippen LogP contribution in [0.15, 0.2) is 30.3 Å². The molecule has 4 aliphatic carbocycles. The van der Waals surface area contributed by atoms with Crippen LogP contribution in [0.3, 0.4) is 0 Å². The molecule has 0 aliphatic heterocycles. The molecule has 4 bridgehead atoms. The number of para-hydroxylation sites is 1. The van der Waals surface area contributed by atoms with E-state index in [1.54, 1.807) is 11.9 Å². The number of rotatable bonds is 5. The minimum atomic E-state index is -0.230. The van der Waals surface area contributed by atoms with Gasteiger partial charge in [-0.05, 0) is 74.8 Å². The lowest BCUT2D eigenvalue weighted by Crippen LogP contribution is -2.54. The predicted molar refractivity (Wildman–Crippen MR) is 134 cm³/mol. The Morgan fingerprint density at radius 2 is 1.68 bits per heavy atom. The molecule has 0 radical (unpaired) electrons. The summed E-state index contributed by atoms with van der Waals surface area (Å²) in [5, 5.41) is 7.88. The first-order valence-corrected chi connectivity index (χ1v) is 12.8. The Labute approximate surface area is 203 Å². The van der Waals surface area contributed by atoms with Crippen molar-refractivity contribution in [2.24, 2.45) is 23.2 Å². The lowest BCUT2D eigenvalue weighted by Gasteiger charge is -2.56. The number of carbonyl (C=O) groups excluding carboxylic acids is 2. The molecule has 1 aromatic heterocycles. The first kappa shape index (κ1) is 23.1. The highest BCUT2D eigenvalue weighted by Gasteiger charge is 2.55. The number of hydrogen-bond donors (Lipinski definition) is 1. The highest BCUT2D eigenvalue weighted by atomic mass is 16.2. The molecular formula is C28H38N4O2. The Morgan fingerprint density at radius 1 is 1.09 bits per heavy atom. The third-order valence-electron chi connectivity index (χ3n) is 8.31. The summed E-state index contributed by atoms with van der Waals surface area (Å²) in [6.45, 7) is 8.44. The average molecular weight is 463 g/mol. The highest BCUT2D eigenvalue weighted by molar-refractivity contribution is 5.95. The maximum Gasteiger partial charge on any atom is 0.245 e. The molecule has 2 aromatic rings. The summed E-state index contributed by atoms with van der Waals surface area (Å²) in [6.07, 6.45) is 6.94. The van der Waals surface area contributed by atoms with Gasteiger partial charge in [-0.25, -0.2) is 4.68 Å². The Morgan fingerprint density at radius 3 is 2.24 bits per heavy atom. The second-order valence-electron chi connectivity index (χ2n) is 12.3. The van der Waals surface area contributed by atoms with E-state index in [4.69, 9.17) is 5.10 Å². The molecule has 4 saturated carbocycles. The van der Waals surface area contributed by atoms with Crippen molar-refractivity contribution in [3.05, 3.63) is 41.6 Å². The largest absolute Gasteiger partial charge is 0.336 e. The van der Waals surface area contributed by atoms with E-state index in [1.807, 2.05) is 41.9 Å². The number of hydrogen-bond acceptors (Lipinski definition) is 3. The molecule has 1 heterocycles. The van der Waals surface area contributed by atoms with E-state index >= 15 is 0 Å². The van der Waals surface area contributed by atoms with Crippen molar-refractivity contribution < 1.29 is 9.59 Å². The maximum atomic E-state index is 13.6. The fraction of sp³-hybridized carbons (Fsp3) is 0.607. The number of nitrogens with zero attached hydrogens (tertiary/aromatic N) is 3. The van der Waals surface area contributed by atoms with Crippen molar-refractivity contribution in [1.82, 2.24) is 14.7 Å². The molecule has 6 heteroatoms. The first-order chi connectivity index (χ1) is 16.0. The van der Waals surface area contributed by atoms with E-state index in [2.05, 4.69) is 26.1 Å². The Hall–Kier alpha value is -2.63. The summed E-state index contributed by atoms with van der Waals surface area (Å²) in [5.74, 6) is 2.74. The quantitative estimate of drug-likeness (QED) is 0.673. The van der Waals surface area contributed by atoms with Crippen molar-refractivity contribution >= 4 is 17.6 Å². The van der Waals surface area contributed by atoms with Gasteiger partial charge in [0.25, 0.3) is 0 Å². The van der Waals surface area contributed by atoms with Crippen molar-refractivity contribution in [2.45, 2.75) is 71.6 Å². The second-order valence-corrected chi connectivity index (χ2v) is 12.3. The third-order valence-corrected chi connectivity index (χ3v) is 8.31. The van der Waals surface area contributed by atoms with E-state index in [-0.39, 0.29) is 29.2 Å². The minimum absolute atomic E-state index is 0.0599. The van der Waals surface area contributed by atoms with Gasteiger partial charge in [0.2, 0.25) is 11.8 Å². The van der Waals surface area contributed by atoms with Crippen LogP contribution >= 0.6 is 0 Å². The molecule has 6 rings (SSSR count). The van der Waals surface area contributed by atoms with Crippen LogP contribution < -0.4 is 5.32 Å². The number of aromatic nitrogens is 2. The standard InChI is InChI=1S/C28H38N4O2/c1-18-8-6-7-9-22(18)32-24(13-23(30-32)27(2,3)4)29-25(33)17-31(5)26(34)28-14-19-10-20(15-28)12-21(11-19)16-28/h6-9,13,19-21H,10-12,14-17H2,1-5H3,(H,29,33). The van der Waals surface area contributed by atoms with Gasteiger partial charge in [0.05, 0.1) is 23.3 Å². The summed E-state index contributed by atoms with van der Waals surface area (Å²) in [4.78, 5) is 28.4. The number of aryl methyl sites for hydroxylation is 1. The smallest absolute Gasteiger partial charge is 0.245 e. The molecule has 1 N–H and O–H groups in total. The summed E-state index contributed by atoms with van der Waals surface area (Å²) in [6, 6.07) is 9.97. The number of nitrogens with one attached hydrogen (secondary N) is 1. The molecule has 2 amide bonds. The third kappa shape index (κ3) is 4.16. The molecule has 0 atom stereocenters. The first-order valence-electron chi connectivity index (χ1n) is 12.8. The molecule has 0 spiro atoms. The Kier molecular flexibility index (Phi) is 5.61. The van der Waals surface area contributed by atoms with Gasteiger partial charge in [-0.2, -0.15) is 5.10 Å². The predicted octanol–water partition coefficient (Wildman–Crippen LogP) is 5.09. The molecule has 4 fully saturated rings. The summed E-state index contributed by atoms with van der Waals surface area (Å²) >= 11 is 0. The van der Waals surface area contributed by atoms with Crippen LogP contribution in [-0.2, 0) is 15.0 Å². The van der Waals surface area contributed by atoms with Crippen molar-refractivity contribution in [3.8, 4) is 5.69 Å². The monoisotopic (exact) mass is 462 g/mol. The second kappa shape index (κ2) is 8.24. The SMILES string of the molecule is Cc1ccccc1-n1nc(C(C)(C)C)cc1NC(=O)CN(C)C(=O)C12CC3CC(CC(C3)C1)C2. The molecule has 0 unspecified atom stereocenters. The fourth-order valence-corrected chi connectivity index (χ4v) is 7.07. The average Bonchev–Trinajstić information content (AvgIpc) is 3.16. The Balaban J connectivity index is 1.33. The van der Waals surface area contributed by atoms with Crippen LogP contribution in [0.25, 0.3) is 5.69 Å². The van der Waals surface area contributed by atoms with E-state index in [1.165, 1.54) is 19.3 Å². The molecule has 1 aromatic carbocycles. The van der Waals surface area contributed by atoms with Crippen LogP contribution in [0, 0.1) is 30.1 Å². The molecule has 34 heavy (non-hydrogen) atoms. The van der Waals surface area contributed by atoms with Crippen LogP contribution in [0.2, 0.25) is 0 Å². The van der Waals surface area contributed by atoms with Crippen LogP contribution in [0.5, 0.6) is 0 Å². The van der Waals surface area contributed by atoms with Crippen molar-refractivity contribution in [1.29, 1.82) is 0 Å². The van der Waals surface area contributed by atoms with Gasteiger partial charge in [-0.3, -0.25) is 9.59 Å². The van der Waals surface area contributed by atoms with E-state index in [9.17, 15) is 9.59 Å². The lowest BCUT2D eigenvalue weighted by molar-refractivity contribution is -0.157. The molecule has 182 valence electrons. The molecular weight excluding hydrogens is 424 g/mol. The van der Waals surface area contributed by atoms with Crippen LogP contribution in [0.4, 0.5) is 5.82 Å². The van der Waals surface area contributed by atoms with Crippen molar-refractivity contribution in [3.63, 3.8) is 0 Å². The zero-order valence-corrected chi connectivity index (χ0v) is 21.2. The summed E-state index contributed by atoms with van der Waals surface area (Å²) < 4.78 is 1.81. The Bertz CT molecular complexity index is 1070. The molecule has 6 nitrogen and oxygen atoms in total. The van der Waals surface area contributed by atoms with Crippen LogP contribution in [-0.4, -0.2) is 40.1 Å². The number of anilines is 1. The van der Waals surface area contributed by atoms with Crippen LogP contribution in [0.1, 0.15) is 70.6 Å². The van der Waals surface area contributed by atoms with Gasteiger partial charge in [0.15, 0.2) is 0 Å². The normalized spacial score (nSPS) is 27.6. The number of benzene rings is 1. The summed E-state index contributed by atoms with van der Waals surface area (Å²) in [5.41, 5.74) is 2.54. The molecule has 4 aliphatic rings. The number of likely N-dealkylation sites (N-methyl/N-ethyl adjacent to an activating group) is 1. The minimum Gasteiger partial charge on any atom is -0.336 e. The van der Waals surface area contributed by atoms with Gasteiger partial charge in [-0.1, -0.05) is 39.0 Å². The zero-order chi connectivity index (χ0) is 24.3. The van der Waals surface area contributed by atoms with Crippen molar-refractivity contribution in [2.75, 3.05) is 18.9 Å². The topological polar surface area (TPSA) is 67.2 Å². The number of amides is 2. The highest BCUT2D eigenvalue weighted by Crippen LogP contribution is 2.60. The fourth-order valence-electron chi connectivity index (χ4n) is 7.07. The van der Waals surface area contributed by atoms with E-state index in [0.29, 0.717) is 23.6 Å². The summed E-state index contributed by atoms with van der Waals surface area (Å²) in [7, 11) is 1.79. The lowest BCUT2D eigenvalue weighted by atomic mass is 9.49. The zero-order valence-electron chi connectivity index (χ0n) is 21.2. The van der Waals surface area contributed by atoms with E-state index < -0.39 is 0 Å². The number of carbonyl (C=O) groups is 2. The van der Waals surface area contributed by atoms with Gasteiger partial charge < -0.3 is 10.2 Å². The van der Waals surface area contributed by atoms with Gasteiger partial charge in [-0.15, -0.1) is 0 Å². The van der Waals surface area contributed by atoms with Gasteiger partial charge >= 0.3 is 0 Å². The van der Waals surface area contributed by atoms with E-state index in [0.717, 1.165) is 36.2 Å². The maximum absolute atomic E-state index is 13.6.